The third-order valence-electron chi connectivity index (χ3n) is 2.12. The van der Waals surface area contributed by atoms with Gasteiger partial charge in [0.05, 0.1) is 0 Å². The van der Waals surface area contributed by atoms with Crippen molar-refractivity contribution in [3.8, 4) is 0 Å². The smallest absolute Gasteiger partial charge is 0.225 e. The van der Waals surface area contributed by atoms with E-state index >= 15 is 0 Å². The van der Waals surface area contributed by atoms with Gasteiger partial charge in [0.15, 0.2) is 0 Å². The minimum Gasteiger partial charge on any atom is -0.371 e. The second-order valence-corrected chi connectivity index (χ2v) is 3.57. The molecule has 0 saturated carbocycles. The van der Waals surface area contributed by atoms with Crippen LogP contribution in [-0.2, 0) is 4.79 Å². The molecule has 1 saturated heterocycles. The summed E-state index contributed by atoms with van der Waals surface area (Å²) >= 11 is 0. The molecule has 1 fully saturated rings. The van der Waals surface area contributed by atoms with E-state index in [-0.39, 0.29) is 11.9 Å². The van der Waals surface area contributed by atoms with E-state index < -0.39 is 5.72 Å². The molecule has 0 bridgehead atoms. The molecule has 0 radical (unpaired) electrons. The van der Waals surface area contributed by atoms with Gasteiger partial charge in [0.25, 0.3) is 0 Å². The fraction of sp³-hybridized carbons (Fsp3) is 0.875. The molecule has 0 aromatic carbocycles. The average molecular weight is 157 g/mol. The lowest BCUT2D eigenvalue weighted by atomic mass is 10.2. The van der Waals surface area contributed by atoms with Crippen LogP contribution in [0, 0.1) is 0 Å². The molecule has 1 unspecified atom stereocenters. The first-order valence-electron chi connectivity index (χ1n) is 3.99. The Bertz CT molecular complexity index is 175. The van der Waals surface area contributed by atoms with Gasteiger partial charge >= 0.3 is 0 Å². The van der Waals surface area contributed by atoms with E-state index in [1.54, 1.807) is 11.8 Å². The van der Waals surface area contributed by atoms with Gasteiger partial charge in [-0.25, -0.2) is 0 Å². The Morgan fingerprint density at radius 2 is 2.18 bits per heavy atom. The van der Waals surface area contributed by atoms with Gasteiger partial charge in [-0.15, -0.1) is 0 Å². The number of nitrogens with zero attached hydrogens (tertiary/aromatic N) is 1. The van der Waals surface area contributed by atoms with Crippen molar-refractivity contribution in [2.24, 2.45) is 0 Å². The van der Waals surface area contributed by atoms with Gasteiger partial charge in [-0.3, -0.25) is 4.79 Å². The third kappa shape index (κ3) is 1.38. The van der Waals surface area contributed by atoms with Gasteiger partial charge in [-0.2, -0.15) is 0 Å². The lowest BCUT2D eigenvalue weighted by Gasteiger charge is -2.33. The number of hydrogen-bond donors (Lipinski definition) is 1. The monoisotopic (exact) mass is 157 g/mol. The van der Waals surface area contributed by atoms with Crippen LogP contribution < -0.4 is 0 Å². The maximum absolute atomic E-state index is 11.2. The number of amides is 1. The van der Waals surface area contributed by atoms with E-state index in [0.717, 1.165) is 0 Å². The molecule has 3 heteroatoms. The first kappa shape index (κ1) is 8.53. The first-order valence-corrected chi connectivity index (χ1v) is 3.99. The van der Waals surface area contributed by atoms with Crippen LogP contribution in [0.2, 0.25) is 0 Å². The third-order valence-corrected chi connectivity index (χ3v) is 2.12. The van der Waals surface area contributed by atoms with E-state index in [2.05, 4.69) is 0 Å². The van der Waals surface area contributed by atoms with E-state index in [4.69, 9.17) is 0 Å². The Morgan fingerprint density at radius 1 is 1.64 bits per heavy atom. The van der Waals surface area contributed by atoms with Crippen molar-refractivity contribution in [2.75, 3.05) is 0 Å². The molecule has 1 aliphatic heterocycles. The summed E-state index contributed by atoms with van der Waals surface area (Å²) in [5, 5.41) is 9.70. The van der Waals surface area contributed by atoms with E-state index in [9.17, 15) is 9.90 Å². The van der Waals surface area contributed by atoms with Crippen molar-refractivity contribution in [3.05, 3.63) is 0 Å². The fourth-order valence-electron chi connectivity index (χ4n) is 1.70. The number of carbonyl (C=O) groups is 1. The molecular formula is C8H15NO2. The molecule has 1 N–H and O–H groups in total. The van der Waals surface area contributed by atoms with Gasteiger partial charge in [0.1, 0.15) is 5.72 Å². The molecule has 1 heterocycles. The predicted octanol–water partition coefficient (Wildman–Crippen LogP) is 0.726. The standard InChI is InChI=1S/C8H15NO2/c1-6(2)9-7(10)4-5-8(9,3)11/h6,11H,4-5H2,1-3H3. The summed E-state index contributed by atoms with van der Waals surface area (Å²) in [5.41, 5.74) is -0.911. The van der Waals surface area contributed by atoms with Crippen LogP contribution in [0.1, 0.15) is 33.6 Å². The highest BCUT2D eigenvalue weighted by atomic mass is 16.3. The molecule has 1 atom stereocenters. The molecule has 1 amide bonds. The zero-order valence-electron chi connectivity index (χ0n) is 7.29. The summed E-state index contributed by atoms with van der Waals surface area (Å²) in [7, 11) is 0. The van der Waals surface area contributed by atoms with Crippen LogP contribution >= 0.6 is 0 Å². The highest BCUT2D eigenvalue weighted by molar-refractivity contribution is 5.79. The molecular weight excluding hydrogens is 142 g/mol. The van der Waals surface area contributed by atoms with E-state index in [0.29, 0.717) is 12.8 Å². The Morgan fingerprint density at radius 3 is 2.36 bits per heavy atom. The van der Waals surface area contributed by atoms with Crippen molar-refractivity contribution >= 4 is 5.91 Å². The number of carbonyl (C=O) groups excluding carboxylic acids is 1. The highest BCUT2D eigenvalue weighted by Gasteiger charge is 2.40. The van der Waals surface area contributed by atoms with Crippen LogP contribution in [0.5, 0.6) is 0 Å². The molecule has 0 spiro atoms. The summed E-state index contributed by atoms with van der Waals surface area (Å²) < 4.78 is 0. The second kappa shape index (κ2) is 2.48. The number of aliphatic hydroxyl groups is 1. The SMILES string of the molecule is CC(C)N1C(=O)CCC1(C)O. The summed E-state index contributed by atoms with van der Waals surface area (Å²) in [6, 6.07) is 0.0972. The summed E-state index contributed by atoms with van der Waals surface area (Å²) in [6.45, 7) is 5.52. The lowest BCUT2D eigenvalue weighted by molar-refractivity contribution is -0.146. The Labute approximate surface area is 67.0 Å². The Hall–Kier alpha value is -0.570. The topological polar surface area (TPSA) is 40.5 Å². The first-order chi connectivity index (χ1) is 4.95. The summed E-state index contributed by atoms with van der Waals surface area (Å²) in [5.74, 6) is 0.0602. The second-order valence-electron chi connectivity index (χ2n) is 3.57. The van der Waals surface area contributed by atoms with Gasteiger partial charge in [0, 0.05) is 18.9 Å². The molecule has 1 rings (SSSR count). The number of hydrogen-bond acceptors (Lipinski definition) is 2. The fourth-order valence-corrected chi connectivity index (χ4v) is 1.70. The predicted molar refractivity (Wildman–Crippen MR) is 41.8 cm³/mol. The zero-order chi connectivity index (χ0) is 8.65. The van der Waals surface area contributed by atoms with E-state index in [1.165, 1.54) is 0 Å². The van der Waals surface area contributed by atoms with Crippen LogP contribution in [0.25, 0.3) is 0 Å². The van der Waals surface area contributed by atoms with Crippen molar-refractivity contribution < 1.29 is 9.90 Å². The summed E-state index contributed by atoms with van der Waals surface area (Å²) in [6.07, 6.45) is 1.04. The quantitative estimate of drug-likeness (QED) is 0.609. The van der Waals surface area contributed by atoms with Crippen LogP contribution in [0.3, 0.4) is 0 Å². The van der Waals surface area contributed by atoms with Gasteiger partial charge in [-0.1, -0.05) is 0 Å². The average Bonchev–Trinajstić information content (AvgIpc) is 2.06. The van der Waals surface area contributed by atoms with Gasteiger partial charge in [-0.05, 0) is 20.8 Å². The van der Waals surface area contributed by atoms with Gasteiger partial charge in [0.2, 0.25) is 5.91 Å². The van der Waals surface area contributed by atoms with Crippen molar-refractivity contribution in [2.45, 2.75) is 45.4 Å². The van der Waals surface area contributed by atoms with Crippen molar-refractivity contribution in [3.63, 3.8) is 0 Å². The molecule has 0 aliphatic carbocycles. The molecule has 1 aliphatic rings. The van der Waals surface area contributed by atoms with Crippen molar-refractivity contribution in [1.29, 1.82) is 0 Å². The van der Waals surface area contributed by atoms with Crippen LogP contribution in [0.4, 0.5) is 0 Å². The van der Waals surface area contributed by atoms with Crippen molar-refractivity contribution in [1.82, 2.24) is 4.90 Å². The summed E-state index contributed by atoms with van der Waals surface area (Å²) in [4.78, 5) is 12.7. The molecule has 3 nitrogen and oxygen atoms in total. The molecule has 64 valence electrons. The Balaban J connectivity index is 2.80. The lowest BCUT2D eigenvalue weighted by Crippen LogP contribution is -2.47. The Kier molecular flexibility index (Phi) is 1.92. The zero-order valence-corrected chi connectivity index (χ0v) is 7.29. The van der Waals surface area contributed by atoms with Crippen LogP contribution in [-0.4, -0.2) is 27.7 Å². The maximum atomic E-state index is 11.2. The largest absolute Gasteiger partial charge is 0.371 e. The normalized spacial score (nSPS) is 32.1. The maximum Gasteiger partial charge on any atom is 0.225 e. The van der Waals surface area contributed by atoms with E-state index in [1.807, 2.05) is 13.8 Å². The number of rotatable bonds is 1. The number of likely N-dealkylation sites (tertiary alicyclic amines) is 1. The van der Waals surface area contributed by atoms with Crippen LogP contribution in [0.15, 0.2) is 0 Å². The minimum atomic E-state index is -0.911. The molecule has 0 aromatic heterocycles. The van der Waals surface area contributed by atoms with Gasteiger partial charge < -0.3 is 10.0 Å². The molecule has 0 aromatic rings. The highest BCUT2D eigenvalue weighted by Crippen LogP contribution is 2.28. The molecule has 11 heavy (non-hydrogen) atoms. The minimum absolute atomic E-state index is 0.0602.